The summed E-state index contributed by atoms with van der Waals surface area (Å²) < 4.78 is 5.35. The lowest BCUT2D eigenvalue weighted by Crippen LogP contribution is -2.25. The van der Waals surface area contributed by atoms with Crippen LogP contribution in [0.1, 0.15) is 22.8 Å². The molecule has 6 heteroatoms. The van der Waals surface area contributed by atoms with E-state index in [2.05, 4.69) is 10.5 Å². The van der Waals surface area contributed by atoms with Crippen molar-refractivity contribution in [1.82, 2.24) is 5.43 Å². The molecule has 2 rings (SSSR count). The average Bonchev–Trinajstić information content (AvgIpc) is 2.53. The minimum Gasteiger partial charge on any atom is -0.423 e. The van der Waals surface area contributed by atoms with Gasteiger partial charge in [-0.25, -0.2) is 4.79 Å². The number of benzene rings is 2. The number of hydrazone groups is 1. The number of nitrogens with zero attached hydrogens (tertiary/aromatic N) is 1. The van der Waals surface area contributed by atoms with Crippen LogP contribution in [0, 0.1) is 0 Å². The Hall–Kier alpha value is -2.73. The average molecular weight is 313 g/mol. The van der Waals surface area contributed by atoms with Gasteiger partial charge in [0, 0.05) is 5.56 Å². The predicted molar refractivity (Wildman–Crippen MR) is 90.0 cm³/mol. The second-order valence-electron chi connectivity index (χ2n) is 4.46. The standard InChI is InChI=1S/C16H15N3O2S/c1-11(18-19-16(17)22)13-8-5-9-14(10-13)21-15(20)12-6-3-2-4-7-12/h2-10H,1H3,(H3,17,19,22). The van der Waals surface area contributed by atoms with Crippen molar-refractivity contribution >= 4 is 29.0 Å². The molecule has 0 aliphatic rings. The van der Waals surface area contributed by atoms with E-state index in [1.165, 1.54) is 0 Å². The molecule has 0 saturated carbocycles. The van der Waals surface area contributed by atoms with Gasteiger partial charge in [0.15, 0.2) is 5.11 Å². The van der Waals surface area contributed by atoms with Gasteiger partial charge in [-0.3, -0.25) is 5.43 Å². The maximum atomic E-state index is 12.0. The summed E-state index contributed by atoms with van der Waals surface area (Å²) in [5, 5.41) is 4.12. The van der Waals surface area contributed by atoms with Gasteiger partial charge < -0.3 is 10.5 Å². The van der Waals surface area contributed by atoms with Crippen LogP contribution in [0.15, 0.2) is 59.7 Å². The molecule has 22 heavy (non-hydrogen) atoms. The Morgan fingerprint density at radius 3 is 2.50 bits per heavy atom. The smallest absolute Gasteiger partial charge is 0.343 e. The largest absolute Gasteiger partial charge is 0.423 e. The highest BCUT2D eigenvalue weighted by molar-refractivity contribution is 7.80. The van der Waals surface area contributed by atoms with Gasteiger partial charge in [-0.05, 0) is 43.4 Å². The second-order valence-corrected chi connectivity index (χ2v) is 4.90. The number of nitrogens with one attached hydrogen (secondary N) is 1. The van der Waals surface area contributed by atoms with E-state index in [4.69, 9.17) is 22.7 Å². The molecule has 2 aromatic rings. The van der Waals surface area contributed by atoms with E-state index in [0.29, 0.717) is 17.0 Å². The van der Waals surface area contributed by atoms with Crippen LogP contribution in [0.5, 0.6) is 5.75 Å². The molecule has 0 spiro atoms. The van der Waals surface area contributed by atoms with Gasteiger partial charge in [0.1, 0.15) is 5.75 Å². The molecule has 0 aromatic heterocycles. The van der Waals surface area contributed by atoms with E-state index in [-0.39, 0.29) is 5.11 Å². The van der Waals surface area contributed by atoms with Crippen molar-refractivity contribution in [3.8, 4) is 5.75 Å². The summed E-state index contributed by atoms with van der Waals surface area (Å²) >= 11 is 4.69. The SMILES string of the molecule is CC(=NNC(N)=S)c1cccc(OC(=O)c2ccccc2)c1. The zero-order valence-electron chi connectivity index (χ0n) is 11.9. The summed E-state index contributed by atoms with van der Waals surface area (Å²) in [5.74, 6) is 0.0323. The first kappa shape index (κ1) is 15.7. The number of thiocarbonyl (C=S) groups is 1. The monoisotopic (exact) mass is 313 g/mol. The maximum Gasteiger partial charge on any atom is 0.343 e. The molecule has 2 aromatic carbocycles. The van der Waals surface area contributed by atoms with Crippen molar-refractivity contribution in [2.24, 2.45) is 10.8 Å². The van der Waals surface area contributed by atoms with Gasteiger partial charge in [0.05, 0.1) is 11.3 Å². The van der Waals surface area contributed by atoms with Crippen LogP contribution in [0.3, 0.4) is 0 Å². The zero-order chi connectivity index (χ0) is 15.9. The fraction of sp³-hybridized carbons (Fsp3) is 0.0625. The quantitative estimate of drug-likeness (QED) is 0.298. The summed E-state index contributed by atoms with van der Waals surface area (Å²) in [5.41, 5.74) is 9.80. The first-order valence-electron chi connectivity index (χ1n) is 6.53. The van der Waals surface area contributed by atoms with Gasteiger partial charge in [-0.15, -0.1) is 0 Å². The molecular weight excluding hydrogens is 298 g/mol. The van der Waals surface area contributed by atoms with Crippen LogP contribution >= 0.6 is 12.2 Å². The molecule has 5 nitrogen and oxygen atoms in total. The third kappa shape index (κ3) is 4.39. The highest BCUT2D eigenvalue weighted by Crippen LogP contribution is 2.16. The Labute approximate surface area is 133 Å². The van der Waals surface area contributed by atoms with E-state index in [1.54, 1.807) is 49.4 Å². The summed E-state index contributed by atoms with van der Waals surface area (Å²) in [6, 6.07) is 15.9. The third-order valence-corrected chi connectivity index (χ3v) is 2.90. The Kier molecular flexibility index (Phi) is 5.21. The molecule has 0 saturated heterocycles. The fourth-order valence-electron chi connectivity index (χ4n) is 1.73. The molecule has 0 atom stereocenters. The van der Waals surface area contributed by atoms with Gasteiger partial charge >= 0.3 is 5.97 Å². The molecule has 0 bridgehead atoms. The highest BCUT2D eigenvalue weighted by Gasteiger charge is 2.08. The normalized spacial score (nSPS) is 10.9. The van der Waals surface area contributed by atoms with E-state index < -0.39 is 5.97 Å². The summed E-state index contributed by atoms with van der Waals surface area (Å²) in [4.78, 5) is 12.0. The van der Waals surface area contributed by atoms with Crippen molar-refractivity contribution in [2.45, 2.75) is 6.92 Å². The van der Waals surface area contributed by atoms with Crippen LogP contribution in [0.4, 0.5) is 0 Å². The van der Waals surface area contributed by atoms with Crippen LogP contribution in [0.25, 0.3) is 0 Å². The number of esters is 1. The molecule has 3 N–H and O–H groups in total. The zero-order valence-corrected chi connectivity index (χ0v) is 12.8. The molecule has 0 aliphatic heterocycles. The van der Waals surface area contributed by atoms with Gasteiger partial charge in [-0.1, -0.05) is 30.3 Å². The van der Waals surface area contributed by atoms with Gasteiger partial charge in [0.25, 0.3) is 0 Å². The Bertz CT molecular complexity index is 714. The number of carbonyl (C=O) groups excluding carboxylic acids is 1. The van der Waals surface area contributed by atoms with E-state index >= 15 is 0 Å². The number of nitrogens with two attached hydrogens (primary N) is 1. The topological polar surface area (TPSA) is 76.7 Å². The number of ether oxygens (including phenoxy) is 1. The van der Waals surface area contributed by atoms with Crippen LogP contribution in [-0.2, 0) is 0 Å². The molecule has 0 heterocycles. The van der Waals surface area contributed by atoms with Crippen molar-refractivity contribution < 1.29 is 9.53 Å². The van der Waals surface area contributed by atoms with Crippen molar-refractivity contribution in [3.63, 3.8) is 0 Å². The summed E-state index contributed by atoms with van der Waals surface area (Å²) in [6.07, 6.45) is 0. The van der Waals surface area contributed by atoms with Crippen molar-refractivity contribution in [3.05, 3.63) is 65.7 Å². The highest BCUT2D eigenvalue weighted by atomic mass is 32.1. The maximum absolute atomic E-state index is 12.0. The first-order valence-corrected chi connectivity index (χ1v) is 6.94. The number of rotatable bonds is 4. The van der Waals surface area contributed by atoms with Crippen LogP contribution < -0.4 is 15.9 Å². The van der Waals surface area contributed by atoms with Crippen molar-refractivity contribution in [1.29, 1.82) is 0 Å². The molecule has 0 unspecified atom stereocenters. The summed E-state index contributed by atoms with van der Waals surface area (Å²) in [7, 11) is 0. The molecule has 0 aliphatic carbocycles. The predicted octanol–water partition coefficient (Wildman–Crippen LogP) is 2.46. The number of hydrogen-bond donors (Lipinski definition) is 2. The minimum atomic E-state index is -0.409. The van der Waals surface area contributed by atoms with E-state index in [1.807, 2.05) is 12.1 Å². The van der Waals surface area contributed by atoms with Crippen LogP contribution in [-0.4, -0.2) is 16.8 Å². The molecule has 0 radical (unpaired) electrons. The van der Waals surface area contributed by atoms with Gasteiger partial charge in [-0.2, -0.15) is 5.10 Å². The van der Waals surface area contributed by atoms with E-state index in [9.17, 15) is 4.79 Å². The first-order chi connectivity index (χ1) is 10.6. The Morgan fingerprint density at radius 1 is 1.14 bits per heavy atom. The third-order valence-electron chi connectivity index (χ3n) is 2.81. The molecule has 0 fully saturated rings. The fourth-order valence-corrected chi connectivity index (χ4v) is 1.77. The summed E-state index contributed by atoms with van der Waals surface area (Å²) in [6.45, 7) is 1.80. The lowest BCUT2D eigenvalue weighted by Gasteiger charge is -2.07. The minimum absolute atomic E-state index is 0.0889. The Morgan fingerprint density at radius 2 is 1.82 bits per heavy atom. The molecule has 0 amide bonds. The Balaban J connectivity index is 2.13. The molecule has 112 valence electrons. The lowest BCUT2D eigenvalue weighted by molar-refractivity contribution is 0.0735. The number of hydrogen-bond acceptors (Lipinski definition) is 4. The second kappa shape index (κ2) is 7.33. The van der Waals surface area contributed by atoms with Crippen LogP contribution in [0.2, 0.25) is 0 Å². The lowest BCUT2D eigenvalue weighted by atomic mass is 10.1. The number of carbonyl (C=O) groups is 1. The van der Waals surface area contributed by atoms with Gasteiger partial charge in [0.2, 0.25) is 0 Å². The van der Waals surface area contributed by atoms with E-state index in [0.717, 1.165) is 5.56 Å². The van der Waals surface area contributed by atoms with Crippen molar-refractivity contribution in [2.75, 3.05) is 0 Å². The molecular formula is C16H15N3O2S.